The lowest BCUT2D eigenvalue weighted by Crippen LogP contribution is -2.48. The van der Waals surface area contributed by atoms with Gasteiger partial charge >= 0.3 is 0 Å². The molecule has 21 heavy (non-hydrogen) atoms. The lowest BCUT2D eigenvalue weighted by molar-refractivity contribution is 0.277. The highest BCUT2D eigenvalue weighted by Gasteiger charge is 2.23. The number of halogens is 1. The molecule has 0 saturated carbocycles. The zero-order chi connectivity index (χ0) is 15.1. The molecule has 1 heterocycles. The molecule has 1 atom stereocenters. The van der Waals surface area contributed by atoms with Crippen LogP contribution in [-0.2, 0) is 6.42 Å². The van der Waals surface area contributed by atoms with Crippen molar-refractivity contribution in [3.8, 4) is 0 Å². The predicted molar refractivity (Wildman–Crippen MR) is 90.4 cm³/mol. The van der Waals surface area contributed by atoms with Gasteiger partial charge in [0.2, 0.25) is 0 Å². The first-order valence-corrected chi connectivity index (χ1v) is 8.76. The van der Waals surface area contributed by atoms with Crippen LogP contribution in [0.3, 0.4) is 0 Å². The van der Waals surface area contributed by atoms with Crippen molar-refractivity contribution in [1.29, 1.82) is 0 Å². The predicted octanol–water partition coefficient (Wildman–Crippen LogP) is 3.13. The lowest BCUT2D eigenvalue weighted by atomic mass is 10.0. The fraction of sp³-hybridized carbons (Fsp3) is 0.625. The topological polar surface area (TPSA) is 27.3 Å². The number of rotatable bonds is 7. The normalized spacial score (nSPS) is 19.7. The maximum absolute atomic E-state index is 14.0. The minimum atomic E-state index is -0.0987. The van der Waals surface area contributed by atoms with Crippen LogP contribution in [0.15, 0.2) is 18.2 Å². The molecule has 0 spiro atoms. The largest absolute Gasteiger partial charge is 0.388 e. The highest BCUT2D eigenvalue weighted by molar-refractivity contribution is 7.97. The smallest absolute Gasteiger partial charge is 0.128 e. The highest BCUT2D eigenvalue weighted by Crippen LogP contribution is 2.24. The highest BCUT2D eigenvalue weighted by atomic mass is 32.2. The van der Waals surface area contributed by atoms with Gasteiger partial charge in [0.1, 0.15) is 5.82 Å². The van der Waals surface area contributed by atoms with Crippen molar-refractivity contribution >= 4 is 17.6 Å². The third-order valence-corrected chi connectivity index (χ3v) is 5.28. The van der Waals surface area contributed by atoms with Gasteiger partial charge in [0.25, 0.3) is 0 Å². The van der Waals surface area contributed by atoms with Gasteiger partial charge in [-0.15, -0.1) is 0 Å². The van der Waals surface area contributed by atoms with Crippen molar-refractivity contribution in [2.24, 2.45) is 0 Å². The summed E-state index contributed by atoms with van der Waals surface area (Å²) in [6.45, 7) is 5.34. The average Bonchev–Trinajstić information content (AvgIpc) is 2.52. The van der Waals surface area contributed by atoms with Crippen molar-refractivity contribution in [1.82, 2.24) is 9.62 Å². The number of nitrogens with one attached hydrogen (secondary N) is 2. The van der Waals surface area contributed by atoms with Crippen LogP contribution in [0.5, 0.6) is 0 Å². The Bertz CT molecular complexity index is 442. The van der Waals surface area contributed by atoms with Crippen molar-refractivity contribution in [3.05, 3.63) is 29.6 Å². The average molecular weight is 311 g/mol. The summed E-state index contributed by atoms with van der Waals surface area (Å²) < 4.78 is 16.5. The molecule has 118 valence electrons. The number of benzene rings is 1. The van der Waals surface area contributed by atoms with E-state index < -0.39 is 0 Å². The molecule has 1 aromatic carbocycles. The molecule has 2 rings (SSSR count). The van der Waals surface area contributed by atoms with E-state index in [2.05, 4.69) is 21.9 Å². The van der Waals surface area contributed by atoms with Gasteiger partial charge in [-0.3, -0.25) is 0 Å². The Balaban J connectivity index is 1.97. The Hall–Kier alpha value is -0.780. The first-order valence-electron chi connectivity index (χ1n) is 7.81. The van der Waals surface area contributed by atoms with Crippen LogP contribution in [0.25, 0.3) is 0 Å². The SMILES string of the molecule is CCCSN1CCNC[C@@H]1CCc1c(F)cccc1NC. The van der Waals surface area contributed by atoms with Crippen LogP contribution in [0, 0.1) is 5.82 Å². The van der Waals surface area contributed by atoms with E-state index in [1.165, 1.54) is 6.42 Å². The molecule has 0 amide bonds. The summed E-state index contributed by atoms with van der Waals surface area (Å²) in [5.41, 5.74) is 1.72. The molecule has 1 fully saturated rings. The van der Waals surface area contributed by atoms with E-state index >= 15 is 0 Å². The Morgan fingerprint density at radius 2 is 2.33 bits per heavy atom. The molecule has 1 saturated heterocycles. The number of hydrogen-bond donors (Lipinski definition) is 2. The van der Waals surface area contributed by atoms with Gasteiger partial charge < -0.3 is 10.6 Å². The van der Waals surface area contributed by atoms with E-state index in [-0.39, 0.29) is 5.82 Å². The standard InChI is InChI=1S/C16H26FN3S/c1-3-11-21-20-10-9-19-12-13(20)7-8-14-15(17)5-4-6-16(14)18-2/h4-6,13,18-19H,3,7-12H2,1-2H3/t13-/m0/s1. The molecule has 5 heteroatoms. The Labute approximate surface area is 131 Å². The lowest BCUT2D eigenvalue weighted by Gasteiger charge is -2.35. The number of piperazine rings is 1. The fourth-order valence-corrected chi connectivity index (χ4v) is 3.75. The zero-order valence-electron chi connectivity index (χ0n) is 13.0. The third-order valence-electron chi connectivity index (χ3n) is 3.87. The summed E-state index contributed by atoms with van der Waals surface area (Å²) >= 11 is 1.94. The minimum Gasteiger partial charge on any atom is -0.388 e. The van der Waals surface area contributed by atoms with Gasteiger partial charge in [-0.05, 0) is 31.4 Å². The number of hydrogen-bond acceptors (Lipinski definition) is 4. The molecule has 0 radical (unpaired) electrons. The van der Waals surface area contributed by atoms with Gasteiger partial charge in [-0.25, -0.2) is 8.70 Å². The number of nitrogens with zero attached hydrogens (tertiary/aromatic N) is 1. The van der Waals surface area contributed by atoms with E-state index in [0.717, 1.165) is 49.5 Å². The van der Waals surface area contributed by atoms with Crippen LogP contribution in [-0.4, -0.2) is 42.8 Å². The van der Waals surface area contributed by atoms with E-state index in [0.29, 0.717) is 6.04 Å². The third kappa shape index (κ3) is 4.59. The molecule has 0 aromatic heterocycles. The molecule has 0 bridgehead atoms. The van der Waals surface area contributed by atoms with Crippen molar-refractivity contribution < 1.29 is 4.39 Å². The molecule has 3 nitrogen and oxygen atoms in total. The second-order valence-electron chi connectivity index (χ2n) is 5.39. The summed E-state index contributed by atoms with van der Waals surface area (Å²) in [5.74, 6) is 1.07. The Morgan fingerprint density at radius 3 is 3.10 bits per heavy atom. The van der Waals surface area contributed by atoms with Crippen LogP contribution in [0.2, 0.25) is 0 Å². The quantitative estimate of drug-likeness (QED) is 0.757. The molecule has 2 N–H and O–H groups in total. The van der Waals surface area contributed by atoms with E-state index in [4.69, 9.17) is 0 Å². The second-order valence-corrected chi connectivity index (χ2v) is 6.52. The summed E-state index contributed by atoms with van der Waals surface area (Å²) in [7, 11) is 1.85. The Kier molecular flexibility index (Phi) is 6.80. The van der Waals surface area contributed by atoms with Crippen LogP contribution in [0.4, 0.5) is 10.1 Å². The summed E-state index contributed by atoms with van der Waals surface area (Å²) in [4.78, 5) is 0. The van der Waals surface area contributed by atoms with Crippen LogP contribution < -0.4 is 10.6 Å². The van der Waals surface area contributed by atoms with Crippen molar-refractivity contribution in [2.75, 3.05) is 37.8 Å². The minimum absolute atomic E-state index is 0.0987. The molecule has 0 aliphatic carbocycles. The molecule has 1 aliphatic rings. The van der Waals surface area contributed by atoms with Crippen molar-refractivity contribution in [3.63, 3.8) is 0 Å². The van der Waals surface area contributed by atoms with Crippen LogP contribution in [0.1, 0.15) is 25.3 Å². The summed E-state index contributed by atoms with van der Waals surface area (Å²) in [5, 5.41) is 6.55. The van der Waals surface area contributed by atoms with Crippen LogP contribution >= 0.6 is 11.9 Å². The van der Waals surface area contributed by atoms with Crippen molar-refractivity contribution in [2.45, 2.75) is 32.2 Å². The summed E-state index contributed by atoms with van der Waals surface area (Å²) in [6.07, 6.45) is 2.95. The molecule has 1 aromatic rings. The van der Waals surface area contributed by atoms with Gasteiger partial charge in [0.15, 0.2) is 0 Å². The molecular formula is C16H26FN3S. The maximum atomic E-state index is 14.0. The molecule has 1 aliphatic heterocycles. The first-order chi connectivity index (χ1) is 10.3. The number of anilines is 1. The monoisotopic (exact) mass is 311 g/mol. The maximum Gasteiger partial charge on any atom is 0.128 e. The van der Waals surface area contributed by atoms with Gasteiger partial charge in [0, 0.05) is 49.7 Å². The second kappa shape index (κ2) is 8.61. The Morgan fingerprint density at radius 1 is 1.48 bits per heavy atom. The van der Waals surface area contributed by atoms with E-state index in [9.17, 15) is 4.39 Å². The fourth-order valence-electron chi connectivity index (χ4n) is 2.72. The van der Waals surface area contributed by atoms with E-state index in [1.54, 1.807) is 12.1 Å². The first kappa shape index (κ1) is 16.6. The van der Waals surface area contributed by atoms with Gasteiger partial charge in [-0.1, -0.05) is 24.9 Å². The van der Waals surface area contributed by atoms with E-state index in [1.807, 2.05) is 25.1 Å². The van der Waals surface area contributed by atoms with Gasteiger partial charge in [-0.2, -0.15) is 0 Å². The zero-order valence-corrected chi connectivity index (χ0v) is 13.8. The van der Waals surface area contributed by atoms with Gasteiger partial charge in [0.05, 0.1) is 0 Å². The molecular weight excluding hydrogens is 285 g/mol. The molecule has 0 unspecified atom stereocenters. The summed E-state index contributed by atoms with van der Waals surface area (Å²) in [6, 6.07) is 5.75.